The third kappa shape index (κ3) is 4.11. The Hall–Kier alpha value is -1.12. The number of esters is 1. The summed E-state index contributed by atoms with van der Waals surface area (Å²) in [6.07, 6.45) is 11.7. The van der Waals surface area contributed by atoms with Crippen molar-refractivity contribution in [3.05, 3.63) is 11.1 Å². The monoisotopic (exact) mass is 470 g/mol. The second-order valence-electron chi connectivity index (χ2n) is 13.8. The summed E-state index contributed by atoms with van der Waals surface area (Å²) < 4.78 is 5.84. The van der Waals surface area contributed by atoms with Crippen LogP contribution in [-0.2, 0) is 14.3 Å². The Morgan fingerprint density at radius 3 is 2.32 bits per heavy atom. The molecule has 0 N–H and O–H groups in total. The smallest absolute Gasteiger partial charge is 0.302 e. The lowest BCUT2D eigenvalue weighted by Crippen LogP contribution is -2.54. The van der Waals surface area contributed by atoms with Gasteiger partial charge in [-0.15, -0.1) is 0 Å². The molecule has 0 unspecified atom stereocenters. The molecular weight excluding hydrogens is 420 g/mol. The maximum absolute atomic E-state index is 12.3. The Morgan fingerprint density at radius 1 is 0.971 bits per heavy atom. The van der Waals surface area contributed by atoms with Crippen LogP contribution in [0.4, 0.5) is 0 Å². The highest BCUT2D eigenvalue weighted by Gasteiger charge is 2.59. The van der Waals surface area contributed by atoms with Crippen LogP contribution in [0.2, 0.25) is 0 Å². The van der Waals surface area contributed by atoms with Crippen LogP contribution in [0.1, 0.15) is 120 Å². The molecule has 2 fully saturated rings. The molecule has 0 radical (unpaired) electrons. The van der Waals surface area contributed by atoms with E-state index in [9.17, 15) is 9.59 Å². The summed E-state index contributed by atoms with van der Waals surface area (Å²) in [7, 11) is 0. The summed E-state index contributed by atoms with van der Waals surface area (Å²) in [5.41, 5.74) is 4.29. The molecule has 3 nitrogen and oxygen atoms in total. The fourth-order valence-electron chi connectivity index (χ4n) is 9.52. The predicted octanol–water partition coefficient (Wildman–Crippen LogP) is 7.92. The molecule has 0 amide bonds. The average Bonchev–Trinajstić information content (AvgIpc) is 3.11. The molecule has 3 heteroatoms. The fraction of sp³-hybridized carbons (Fsp3) is 0.871. The van der Waals surface area contributed by atoms with Gasteiger partial charge in [-0.3, -0.25) is 9.59 Å². The lowest BCUT2D eigenvalue weighted by molar-refractivity contribution is -0.167. The van der Waals surface area contributed by atoms with E-state index in [0.29, 0.717) is 23.0 Å². The quantitative estimate of drug-likeness (QED) is 0.292. The van der Waals surface area contributed by atoms with E-state index in [0.717, 1.165) is 37.5 Å². The number of fused-ring (bicyclic) bond motifs is 4. The van der Waals surface area contributed by atoms with Crippen LogP contribution >= 0.6 is 0 Å². The first-order chi connectivity index (χ1) is 15.8. The van der Waals surface area contributed by atoms with Gasteiger partial charge in [0.25, 0.3) is 0 Å². The number of ketones is 1. The van der Waals surface area contributed by atoms with Gasteiger partial charge in [0.15, 0.2) is 0 Å². The SMILES string of the molecule is CC(=O)O[C@H]1CC[C@]2(C)C3=C(CC[C@H]2C1(C)C)[C@@H]1CC[C@@H]([C@H](C)CCC(=O)C(C)C)[C@@]1(C)CC3. The molecular formula is C31H50O3. The normalized spacial score (nSPS) is 39.8. The molecule has 4 aliphatic rings. The Labute approximate surface area is 208 Å². The zero-order chi connectivity index (χ0) is 25.1. The van der Waals surface area contributed by atoms with Gasteiger partial charge in [-0.05, 0) is 92.3 Å². The van der Waals surface area contributed by atoms with Crippen LogP contribution < -0.4 is 0 Å². The minimum atomic E-state index is -0.132. The van der Waals surface area contributed by atoms with Crippen LogP contribution in [0, 0.1) is 45.8 Å². The maximum Gasteiger partial charge on any atom is 0.302 e. The summed E-state index contributed by atoms with van der Waals surface area (Å²) in [5, 5.41) is 0. The first-order valence-electron chi connectivity index (χ1n) is 14.2. The third-order valence-electron chi connectivity index (χ3n) is 11.4. The van der Waals surface area contributed by atoms with Gasteiger partial charge in [0, 0.05) is 24.7 Å². The highest BCUT2D eigenvalue weighted by atomic mass is 16.5. The van der Waals surface area contributed by atoms with Gasteiger partial charge < -0.3 is 4.74 Å². The first-order valence-corrected chi connectivity index (χ1v) is 14.2. The van der Waals surface area contributed by atoms with Crippen LogP contribution in [0.3, 0.4) is 0 Å². The molecule has 0 aliphatic heterocycles. The molecule has 0 heterocycles. The molecule has 192 valence electrons. The van der Waals surface area contributed by atoms with E-state index in [1.54, 1.807) is 12.5 Å². The van der Waals surface area contributed by atoms with E-state index in [-0.39, 0.29) is 28.8 Å². The van der Waals surface area contributed by atoms with Crippen LogP contribution in [0.25, 0.3) is 0 Å². The molecule has 0 saturated heterocycles. The Bertz CT molecular complexity index is 851. The van der Waals surface area contributed by atoms with Gasteiger partial charge in [-0.25, -0.2) is 0 Å². The summed E-state index contributed by atoms with van der Waals surface area (Å²) in [6.45, 7) is 17.9. The second kappa shape index (κ2) is 9.07. The summed E-state index contributed by atoms with van der Waals surface area (Å²) in [4.78, 5) is 24.1. The van der Waals surface area contributed by atoms with Gasteiger partial charge in [-0.2, -0.15) is 0 Å². The zero-order valence-electron chi connectivity index (χ0n) is 23.3. The van der Waals surface area contributed by atoms with Gasteiger partial charge in [-0.1, -0.05) is 59.6 Å². The van der Waals surface area contributed by atoms with E-state index in [2.05, 4.69) is 34.6 Å². The minimum Gasteiger partial charge on any atom is -0.462 e. The fourth-order valence-corrected chi connectivity index (χ4v) is 9.52. The number of rotatable bonds is 6. The Balaban J connectivity index is 1.56. The number of carbonyl (C=O) groups is 2. The van der Waals surface area contributed by atoms with Crippen LogP contribution in [0.15, 0.2) is 11.1 Å². The predicted molar refractivity (Wildman–Crippen MR) is 138 cm³/mol. The lowest BCUT2D eigenvalue weighted by Gasteiger charge is -2.60. The molecule has 2 saturated carbocycles. The molecule has 0 aromatic rings. The van der Waals surface area contributed by atoms with E-state index < -0.39 is 0 Å². The van der Waals surface area contributed by atoms with Crippen molar-refractivity contribution in [2.24, 2.45) is 45.8 Å². The van der Waals surface area contributed by atoms with Crippen molar-refractivity contribution >= 4 is 11.8 Å². The van der Waals surface area contributed by atoms with Gasteiger partial charge in [0.2, 0.25) is 0 Å². The van der Waals surface area contributed by atoms with Gasteiger partial charge in [0.1, 0.15) is 11.9 Å². The molecule has 0 aromatic heterocycles. The Kier molecular flexibility index (Phi) is 6.93. The molecule has 4 rings (SSSR count). The number of ether oxygens (including phenoxy) is 1. The van der Waals surface area contributed by atoms with E-state index in [4.69, 9.17) is 4.74 Å². The topological polar surface area (TPSA) is 43.4 Å². The van der Waals surface area contributed by atoms with E-state index in [1.807, 2.05) is 19.4 Å². The zero-order valence-corrected chi connectivity index (χ0v) is 23.3. The van der Waals surface area contributed by atoms with Crippen molar-refractivity contribution in [1.82, 2.24) is 0 Å². The largest absolute Gasteiger partial charge is 0.462 e. The van der Waals surface area contributed by atoms with Crippen molar-refractivity contribution in [3.63, 3.8) is 0 Å². The van der Waals surface area contributed by atoms with Crippen molar-refractivity contribution in [3.8, 4) is 0 Å². The maximum atomic E-state index is 12.3. The van der Waals surface area contributed by atoms with Crippen molar-refractivity contribution in [2.45, 2.75) is 126 Å². The molecule has 4 aliphatic carbocycles. The summed E-state index contributed by atoms with van der Waals surface area (Å²) in [6, 6.07) is 0. The molecule has 0 spiro atoms. The first kappa shape index (κ1) is 26.0. The average molecular weight is 471 g/mol. The molecule has 34 heavy (non-hydrogen) atoms. The standard InChI is InChI=1S/C31H50O3/c1-19(2)26(33)13-9-20(3)23-11-12-24-22-10-14-27-29(5,6)28(34-21(4)32)16-18-31(27,8)25(22)15-17-30(23,24)7/h19-20,23-24,27-28H,9-18H2,1-8H3/t20-,23+,24+,27+,28+,30-,31-/m1/s1. The number of Topliss-reactive ketones (excluding diaryl/α,β-unsaturated/α-hetero) is 1. The molecule has 7 atom stereocenters. The third-order valence-corrected chi connectivity index (χ3v) is 11.4. The molecule has 0 bridgehead atoms. The van der Waals surface area contributed by atoms with E-state index >= 15 is 0 Å². The van der Waals surface area contributed by atoms with Gasteiger partial charge >= 0.3 is 5.97 Å². The van der Waals surface area contributed by atoms with Gasteiger partial charge in [0.05, 0.1) is 0 Å². The molecule has 0 aromatic carbocycles. The number of carbonyl (C=O) groups excluding carboxylic acids is 2. The summed E-state index contributed by atoms with van der Waals surface area (Å²) in [5.74, 6) is 3.15. The highest BCUT2D eigenvalue weighted by molar-refractivity contribution is 5.80. The summed E-state index contributed by atoms with van der Waals surface area (Å²) >= 11 is 0. The highest BCUT2D eigenvalue weighted by Crippen LogP contribution is 2.68. The number of hydrogen-bond donors (Lipinski definition) is 0. The van der Waals surface area contributed by atoms with E-state index in [1.165, 1.54) is 38.5 Å². The lowest BCUT2D eigenvalue weighted by atomic mass is 9.45. The van der Waals surface area contributed by atoms with Crippen molar-refractivity contribution in [1.29, 1.82) is 0 Å². The minimum absolute atomic E-state index is 0.0215. The number of allylic oxidation sites excluding steroid dienone is 2. The van der Waals surface area contributed by atoms with Crippen LogP contribution in [0.5, 0.6) is 0 Å². The Morgan fingerprint density at radius 2 is 1.68 bits per heavy atom. The van der Waals surface area contributed by atoms with Crippen molar-refractivity contribution < 1.29 is 14.3 Å². The number of hydrogen-bond acceptors (Lipinski definition) is 3. The van der Waals surface area contributed by atoms with Crippen LogP contribution in [-0.4, -0.2) is 17.9 Å². The van der Waals surface area contributed by atoms with Crippen molar-refractivity contribution in [2.75, 3.05) is 0 Å². The second-order valence-corrected chi connectivity index (χ2v) is 13.8.